The van der Waals surface area contributed by atoms with Gasteiger partial charge >= 0.3 is 5.97 Å². The molecule has 10 heteroatoms. The Morgan fingerprint density at radius 3 is 2.64 bits per heavy atom. The first-order chi connectivity index (χ1) is 17.4. The molecular weight excluding hydrogens is 462 g/mol. The third kappa shape index (κ3) is 7.45. The lowest BCUT2D eigenvalue weighted by Gasteiger charge is -2.13. The number of rotatable bonds is 8. The summed E-state index contributed by atoms with van der Waals surface area (Å²) in [5.41, 5.74) is 9.03. The molecule has 3 aromatic rings. The minimum atomic E-state index is -0.624. The number of ether oxygens (including phenoxy) is 3. The van der Waals surface area contributed by atoms with E-state index in [2.05, 4.69) is 20.3 Å². The van der Waals surface area contributed by atoms with Crippen LogP contribution in [-0.4, -0.2) is 72.7 Å². The number of aliphatic hydroxyl groups excluding tert-OH is 1. The van der Waals surface area contributed by atoms with Gasteiger partial charge in [-0.1, -0.05) is 12.1 Å². The maximum Gasteiger partial charge on any atom is 0.339 e. The van der Waals surface area contributed by atoms with E-state index in [9.17, 15) is 9.90 Å². The molecule has 0 spiro atoms. The predicted octanol–water partition coefficient (Wildman–Crippen LogP) is 2.64. The number of aliphatic hydroxyl groups is 1. The number of nitrogens with zero attached hydrogens (tertiary/aromatic N) is 3. The molecule has 0 amide bonds. The molecular formula is C26H33N5O5. The standard InChI is InChI=1S/C22H25N5O4.C4H8O/c1-13-19(15-7-16(10-25-9-15)22(29)30-3)26-21(27-20(13)23)14-5-4-6-18(8-14)31-12-17(28)11-24-2;1-2-4-5-3-1/h4-10,17,24,28H,11-12H2,1-3H3,(H2,23,26,27);1-4H2. The number of likely N-dealkylation sites (N-methyl/N-ethyl adjacent to an activating group) is 1. The summed E-state index contributed by atoms with van der Waals surface area (Å²) in [7, 11) is 3.07. The summed E-state index contributed by atoms with van der Waals surface area (Å²) < 4.78 is 15.4. The third-order valence-corrected chi connectivity index (χ3v) is 5.42. The highest BCUT2D eigenvalue weighted by Gasteiger charge is 2.15. The molecule has 2 aromatic heterocycles. The van der Waals surface area contributed by atoms with Crippen LogP contribution in [0.4, 0.5) is 5.82 Å². The number of anilines is 1. The van der Waals surface area contributed by atoms with Crippen molar-refractivity contribution in [3.63, 3.8) is 0 Å². The Kier molecular flexibility index (Phi) is 10.1. The maximum atomic E-state index is 11.9. The normalized spacial score (nSPS) is 13.4. The fourth-order valence-electron chi connectivity index (χ4n) is 3.47. The highest BCUT2D eigenvalue weighted by atomic mass is 16.5. The fourth-order valence-corrected chi connectivity index (χ4v) is 3.47. The highest BCUT2D eigenvalue weighted by molar-refractivity contribution is 5.90. The van der Waals surface area contributed by atoms with Gasteiger partial charge in [0.05, 0.1) is 18.4 Å². The largest absolute Gasteiger partial charge is 0.491 e. The molecule has 1 aliphatic rings. The molecule has 0 bridgehead atoms. The van der Waals surface area contributed by atoms with Crippen molar-refractivity contribution in [1.82, 2.24) is 20.3 Å². The van der Waals surface area contributed by atoms with Crippen LogP contribution in [0.5, 0.6) is 5.75 Å². The van der Waals surface area contributed by atoms with Gasteiger partial charge in [0, 0.05) is 48.8 Å². The molecule has 1 aliphatic heterocycles. The minimum absolute atomic E-state index is 0.151. The van der Waals surface area contributed by atoms with E-state index in [1.807, 2.05) is 19.1 Å². The van der Waals surface area contributed by atoms with E-state index in [1.165, 1.54) is 26.1 Å². The smallest absolute Gasteiger partial charge is 0.339 e. The Morgan fingerprint density at radius 2 is 1.97 bits per heavy atom. The molecule has 1 saturated heterocycles. The number of benzene rings is 1. The van der Waals surface area contributed by atoms with E-state index in [4.69, 9.17) is 19.9 Å². The zero-order valence-electron chi connectivity index (χ0n) is 20.9. The molecule has 3 heterocycles. The molecule has 1 atom stereocenters. The zero-order chi connectivity index (χ0) is 25.9. The van der Waals surface area contributed by atoms with Gasteiger partial charge in [-0.05, 0) is 45.0 Å². The van der Waals surface area contributed by atoms with Gasteiger partial charge in [0.2, 0.25) is 0 Å². The van der Waals surface area contributed by atoms with Crippen LogP contribution in [0.1, 0.15) is 28.8 Å². The molecule has 192 valence electrons. The molecule has 36 heavy (non-hydrogen) atoms. The van der Waals surface area contributed by atoms with Gasteiger partial charge in [-0.3, -0.25) is 4.98 Å². The number of nitrogen functional groups attached to an aromatic ring is 1. The maximum absolute atomic E-state index is 11.9. The lowest BCUT2D eigenvalue weighted by atomic mass is 10.1. The van der Waals surface area contributed by atoms with Gasteiger partial charge in [0.15, 0.2) is 5.82 Å². The van der Waals surface area contributed by atoms with Crippen LogP contribution in [-0.2, 0) is 9.47 Å². The number of pyridine rings is 1. The molecule has 1 unspecified atom stereocenters. The van der Waals surface area contributed by atoms with Gasteiger partial charge in [0.25, 0.3) is 0 Å². The van der Waals surface area contributed by atoms with Crippen molar-refractivity contribution < 1.29 is 24.1 Å². The molecule has 4 N–H and O–H groups in total. The van der Waals surface area contributed by atoms with Crippen LogP contribution < -0.4 is 15.8 Å². The van der Waals surface area contributed by atoms with Gasteiger partial charge in [-0.2, -0.15) is 0 Å². The Morgan fingerprint density at radius 1 is 1.19 bits per heavy atom. The SMILES string of the molecule is C1CCOC1.CNCC(O)COc1cccc(-c2nc(N)c(C)c(-c3cncc(C(=O)OC)c3)n2)c1. The lowest BCUT2D eigenvalue weighted by molar-refractivity contribution is 0.0600. The highest BCUT2D eigenvalue weighted by Crippen LogP contribution is 2.29. The first-order valence-electron chi connectivity index (χ1n) is 11.7. The van der Waals surface area contributed by atoms with Crippen LogP contribution in [0.3, 0.4) is 0 Å². The summed E-state index contributed by atoms with van der Waals surface area (Å²) in [5, 5.41) is 12.7. The number of nitrogens with one attached hydrogen (secondary N) is 1. The summed E-state index contributed by atoms with van der Waals surface area (Å²) in [5.74, 6) is 0.813. The van der Waals surface area contributed by atoms with E-state index < -0.39 is 12.1 Å². The van der Waals surface area contributed by atoms with Crippen LogP contribution in [0.15, 0.2) is 42.7 Å². The Bertz CT molecular complexity index is 1150. The van der Waals surface area contributed by atoms with Crippen molar-refractivity contribution >= 4 is 11.8 Å². The number of carbonyl (C=O) groups is 1. The molecule has 1 aromatic carbocycles. The van der Waals surface area contributed by atoms with E-state index in [0.29, 0.717) is 51.9 Å². The van der Waals surface area contributed by atoms with Crippen LogP contribution in [0.25, 0.3) is 22.6 Å². The summed E-state index contributed by atoms with van der Waals surface area (Å²) in [6.45, 7) is 4.39. The van der Waals surface area contributed by atoms with Crippen molar-refractivity contribution in [2.75, 3.05) is 46.3 Å². The molecule has 10 nitrogen and oxygen atoms in total. The number of hydrogen-bond donors (Lipinski definition) is 3. The summed E-state index contributed by atoms with van der Waals surface area (Å²) in [6.07, 6.45) is 4.97. The van der Waals surface area contributed by atoms with Crippen molar-refractivity contribution in [3.8, 4) is 28.4 Å². The number of methoxy groups -OCH3 is 1. The molecule has 0 aliphatic carbocycles. The minimum Gasteiger partial charge on any atom is -0.491 e. The second kappa shape index (κ2) is 13.5. The lowest BCUT2D eigenvalue weighted by Crippen LogP contribution is -2.29. The van der Waals surface area contributed by atoms with Gasteiger partial charge in [-0.25, -0.2) is 14.8 Å². The molecule has 1 fully saturated rings. The quantitative estimate of drug-likeness (QED) is 0.399. The van der Waals surface area contributed by atoms with Crippen LogP contribution >= 0.6 is 0 Å². The van der Waals surface area contributed by atoms with Gasteiger partial charge < -0.3 is 30.4 Å². The van der Waals surface area contributed by atoms with E-state index in [1.54, 1.807) is 31.4 Å². The van der Waals surface area contributed by atoms with Gasteiger partial charge in [0.1, 0.15) is 24.3 Å². The number of esters is 1. The number of nitrogens with two attached hydrogens (primary N) is 1. The molecule has 4 rings (SSSR count). The number of aromatic nitrogens is 3. The second-order valence-electron chi connectivity index (χ2n) is 8.23. The van der Waals surface area contributed by atoms with E-state index in [-0.39, 0.29) is 6.61 Å². The van der Waals surface area contributed by atoms with Gasteiger partial charge in [-0.15, -0.1) is 0 Å². The van der Waals surface area contributed by atoms with Crippen molar-refractivity contribution in [3.05, 3.63) is 53.9 Å². The summed E-state index contributed by atoms with van der Waals surface area (Å²) >= 11 is 0. The monoisotopic (exact) mass is 495 g/mol. The van der Waals surface area contributed by atoms with Crippen LogP contribution in [0.2, 0.25) is 0 Å². The van der Waals surface area contributed by atoms with Crippen molar-refractivity contribution in [1.29, 1.82) is 0 Å². The number of carbonyl (C=O) groups excluding carboxylic acids is 1. The van der Waals surface area contributed by atoms with E-state index in [0.717, 1.165) is 13.2 Å². The average molecular weight is 496 g/mol. The van der Waals surface area contributed by atoms with Crippen molar-refractivity contribution in [2.24, 2.45) is 0 Å². The van der Waals surface area contributed by atoms with E-state index >= 15 is 0 Å². The Labute approximate surface area is 210 Å². The Hall–Kier alpha value is -3.60. The topological polar surface area (TPSA) is 142 Å². The first kappa shape index (κ1) is 27.0. The average Bonchev–Trinajstić information content (AvgIpc) is 3.49. The molecule has 0 radical (unpaired) electrons. The van der Waals surface area contributed by atoms with Crippen LogP contribution in [0, 0.1) is 6.92 Å². The summed E-state index contributed by atoms with van der Waals surface area (Å²) in [6, 6.07) is 8.88. The Balaban J connectivity index is 0.000000642. The first-order valence-corrected chi connectivity index (χ1v) is 11.7. The fraction of sp³-hybridized carbons (Fsp3) is 0.385. The number of hydrogen-bond acceptors (Lipinski definition) is 10. The zero-order valence-corrected chi connectivity index (χ0v) is 20.9. The molecule has 0 saturated carbocycles. The predicted molar refractivity (Wildman–Crippen MR) is 137 cm³/mol. The second-order valence-corrected chi connectivity index (χ2v) is 8.23. The van der Waals surface area contributed by atoms with Crippen molar-refractivity contribution in [2.45, 2.75) is 25.9 Å². The third-order valence-electron chi connectivity index (χ3n) is 5.42. The summed E-state index contributed by atoms with van der Waals surface area (Å²) in [4.78, 5) is 25.1.